The summed E-state index contributed by atoms with van der Waals surface area (Å²) in [5.74, 6) is 1.92. The van der Waals surface area contributed by atoms with Gasteiger partial charge in [-0.05, 0) is 48.6 Å². The second-order valence-electron chi connectivity index (χ2n) is 6.27. The molecule has 0 aliphatic heterocycles. The maximum atomic E-state index is 12.1. The highest BCUT2D eigenvalue weighted by molar-refractivity contribution is 5.92. The predicted octanol–water partition coefficient (Wildman–Crippen LogP) is 2.92. The molecule has 134 valence electrons. The fourth-order valence-corrected chi connectivity index (χ4v) is 2.28. The van der Waals surface area contributed by atoms with E-state index in [0.29, 0.717) is 24.0 Å². The van der Waals surface area contributed by atoms with Gasteiger partial charge in [0.2, 0.25) is 0 Å². The molecule has 1 aromatic heterocycles. The van der Waals surface area contributed by atoms with Crippen LogP contribution in [-0.4, -0.2) is 36.3 Å². The van der Waals surface area contributed by atoms with Crippen LogP contribution in [0.2, 0.25) is 0 Å². The average molecular weight is 342 g/mol. The molecule has 0 aliphatic carbocycles. The van der Waals surface area contributed by atoms with E-state index >= 15 is 0 Å². The molecule has 6 nitrogen and oxygen atoms in total. The standard InChI is InChI=1S/C19H26N4O2/c1-14(2)9-11-20-18-8-7-17(22-23-18)19(24)21-12-10-15-5-4-6-16(13-15)25-3/h4-8,13-14H,9-12H2,1-3H3,(H,20,23)(H,21,24). The molecule has 0 fully saturated rings. The monoisotopic (exact) mass is 342 g/mol. The van der Waals surface area contributed by atoms with Gasteiger partial charge in [0.25, 0.3) is 5.91 Å². The van der Waals surface area contributed by atoms with Crippen LogP contribution in [0.3, 0.4) is 0 Å². The zero-order valence-corrected chi connectivity index (χ0v) is 15.1. The molecule has 25 heavy (non-hydrogen) atoms. The van der Waals surface area contributed by atoms with Gasteiger partial charge < -0.3 is 15.4 Å². The number of aromatic nitrogens is 2. The number of amides is 1. The number of benzene rings is 1. The van der Waals surface area contributed by atoms with Crippen molar-refractivity contribution in [2.75, 3.05) is 25.5 Å². The molecule has 0 spiro atoms. The first-order valence-electron chi connectivity index (χ1n) is 8.57. The Morgan fingerprint density at radius 1 is 1.16 bits per heavy atom. The van der Waals surface area contributed by atoms with Gasteiger partial charge in [0, 0.05) is 13.1 Å². The lowest BCUT2D eigenvalue weighted by molar-refractivity contribution is 0.0948. The summed E-state index contributed by atoms with van der Waals surface area (Å²) in [5, 5.41) is 14.1. The summed E-state index contributed by atoms with van der Waals surface area (Å²) < 4.78 is 5.19. The number of hydrogen-bond acceptors (Lipinski definition) is 5. The van der Waals surface area contributed by atoms with Gasteiger partial charge in [-0.3, -0.25) is 4.79 Å². The minimum absolute atomic E-state index is 0.218. The molecular weight excluding hydrogens is 316 g/mol. The highest BCUT2D eigenvalue weighted by atomic mass is 16.5. The molecule has 2 N–H and O–H groups in total. The summed E-state index contributed by atoms with van der Waals surface area (Å²) in [6.07, 6.45) is 1.79. The zero-order chi connectivity index (χ0) is 18.1. The maximum absolute atomic E-state index is 12.1. The van der Waals surface area contributed by atoms with Crippen molar-refractivity contribution in [1.82, 2.24) is 15.5 Å². The van der Waals surface area contributed by atoms with Crippen LogP contribution in [0.15, 0.2) is 36.4 Å². The Kier molecular flexibility index (Phi) is 7.19. The van der Waals surface area contributed by atoms with Crippen molar-refractivity contribution in [1.29, 1.82) is 0 Å². The van der Waals surface area contributed by atoms with Crippen LogP contribution in [0, 0.1) is 5.92 Å². The first-order chi connectivity index (χ1) is 12.1. The number of carbonyl (C=O) groups excluding carboxylic acids is 1. The summed E-state index contributed by atoms with van der Waals surface area (Å²) in [7, 11) is 1.64. The van der Waals surface area contributed by atoms with Gasteiger partial charge in [0.05, 0.1) is 7.11 Å². The van der Waals surface area contributed by atoms with E-state index in [1.165, 1.54) is 0 Å². The van der Waals surface area contributed by atoms with E-state index in [1.54, 1.807) is 19.2 Å². The first-order valence-corrected chi connectivity index (χ1v) is 8.57. The van der Waals surface area contributed by atoms with Crippen LogP contribution in [-0.2, 0) is 6.42 Å². The van der Waals surface area contributed by atoms with E-state index in [1.807, 2.05) is 24.3 Å². The molecule has 2 rings (SSSR count). The van der Waals surface area contributed by atoms with Crippen molar-refractivity contribution in [3.8, 4) is 5.75 Å². The Balaban J connectivity index is 1.78. The number of methoxy groups -OCH3 is 1. The van der Waals surface area contributed by atoms with E-state index in [4.69, 9.17) is 4.74 Å². The Morgan fingerprint density at radius 2 is 2.00 bits per heavy atom. The minimum atomic E-state index is -0.218. The molecule has 1 amide bonds. The molecular formula is C19H26N4O2. The number of hydrogen-bond donors (Lipinski definition) is 2. The molecule has 0 aliphatic rings. The van der Waals surface area contributed by atoms with Crippen molar-refractivity contribution >= 4 is 11.7 Å². The third-order valence-electron chi connectivity index (χ3n) is 3.76. The molecule has 0 radical (unpaired) electrons. The quantitative estimate of drug-likeness (QED) is 0.733. The second kappa shape index (κ2) is 9.61. The molecule has 1 heterocycles. The Labute approximate surface area is 149 Å². The number of nitrogens with zero attached hydrogens (tertiary/aromatic N) is 2. The Hall–Kier alpha value is -2.63. The third kappa shape index (κ3) is 6.41. The normalized spacial score (nSPS) is 10.6. The lowest BCUT2D eigenvalue weighted by Crippen LogP contribution is -2.26. The van der Waals surface area contributed by atoms with Crippen LogP contribution >= 0.6 is 0 Å². The van der Waals surface area contributed by atoms with Crippen molar-refractivity contribution in [2.24, 2.45) is 5.92 Å². The first kappa shape index (κ1) is 18.7. The SMILES string of the molecule is COc1cccc(CCNC(=O)c2ccc(NCCC(C)C)nn2)c1. The number of carbonyl (C=O) groups is 1. The third-order valence-corrected chi connectivity index (χ3v) is 3.76. The van der Waals surface area contributed by atoms with Crippen molar-refractivity contribution < 1.29 is 9.53 Å². The number of ether oxygens (including phenoxy) is 1. The van der Waals surface area contributed by atoms with E-state index in [-0.39, 0.29) is 5.91 Å². The molecule has 6 heteroatoms. The smallest absolute Gasteiger partial charge is 0.271 e. The van der Waals surface area contributed by atoms with E-state index in [9.17, 15) is 4.79 Å². The summed E-state index contributed by atoms with van der Waals surface area (Å²) >= 11 is 0. The Bertz CT molecular complexity index is 671. The number of nitrogens with one attached hydrogen (secondary N) is 2. The van der Waals surface area contributed by atoms with E-state index < -0.39 is 0 Å². The van der Waals surface area contributed by atoms with Gasteiger partial charge >= 0.3 is 0 Å². The van der Waals surface area contributed by atoms with Crippen LogP contribution < -0.4 is 15.4 Å². The van der Waals surface area contributed by atoms with Crippen LogP contribution in [0.25, 0.3) is 0 Å². The Morgan fingerprint density at radius 3 is 2.68 bits per heavy atom. The molecule has 0 saturated heterocycles. The highest BCUT2D eigenvalue weighted by Gasteiger charge is 2.08. The van der Waals surface area contributed by atoms with Gasteiger partial charge in [0.15, 0.2) is 5.69 Å². The molecule has 0 unspecified atom stereocenters. The van der Waals surface area contributed by atoms with Gasteiger partial charge in [-0.2, -0.15) is 0 Å². The summed E-state index contributed by atoms with van der Waals surface area (Å²) in [6.45, 7) is 5.72. The number of rotatable bonds is 9. The van der Waals surface area contributed by atoms with Gasteiger partial charge in [-0.15, -0.1) is 10.2 Å². The van der Waals surface area contributed by atoms with E-state index in [0.717, 1.165) is 30.7 Å². The van der Waals surface area contributed by atoms with Crippen molar-refractivity contribution in [3.05, 3.63) is 47.7 Å². The minimum Gasteiger partial charge on any atom is -0.497 e. The summed E-state index contributed by atoms with van der Waals surface area (Å²) in [4.78, 5) is 12.1. The lowest BCUT2D eigenvalue weighted by atomic mass is 10.1. The topological polar surface area (TPSA) is 76.1 Å². The van der Waals surface area contributed by atoms with Gasteiger partial charge in [0.1, 0.15) is 11.6 Å². The largest absolute Gasteiger partial charge is 0.497 e. The van der Waals surface area contributed by atoms with Crippen molar-refractivity contribution in [2.45, 2.75) is 26.7 Å². The van der Waals surface area contributed by atoms with Gasteiger partial charge in [-0.25, -0.2) is 0 Å². The van der Waals surface area contributed by atoms with E-state index in [2.05, 4.69) is 34.7 Å². The van der Waals surface area contributed by atoms with Crippen LogP contribution in [0.5, 0.6) is 5.75 Å². The molecule has 0 bridgehead atoms. The highest BCUT2D eigenvalue weighted by Crippen LogP contribution is 2.12. The van der Waals surface area contributed by atoms with Crippen LogP contribution in [0.4, 0.5) is 5.82 Å². The maximum Gasteiger partial charge on any atom is 0.271 e. The molecule has 1 aromatic carbocycles. The lowest BCUT2D eigenvalue weighted by Gasteiger charge is -2.08. The zero-order valence-electron chi connectivity index (χ0n) is 15.1. The average Bonchev–Trinajstić information content (AvgIpc) is 2.62. The molecule has 0 saturated carbocycles. The van der Waals surface area contributed by atoms with Crippen molar-refractivity contribution in [3.63, 3.8) is 0 Å². The summed E-state index contributed by atoms with van der Waals surface area (Å²) in [5.41, 5.74) is 1.43. The summed E-state index contributed by atoms with van der Waals surface area (Å²) in [6, 6.07) is 11.3. The number of anilines is 1. The van der Waals surface area contributed by atoms with Gasteiger partial charge in [-0.1, -0.05) is 26.0 Å². The molecule has 0 atom stereocenters. The fourth-order valence-electron chi connectivity index (χ4n) is 2.28. The second-order valence-corrected chi connectivity index (χ2v) is 6.27. The van der Waals surface area contributed by atoms with Crippen LogP contribution in [0.1, 0.15) is 36.3 Å². The molecule has 2 aromatic rings. The fraction of sp³-hybridized carbons (Fsp3) is 0.421. The predicted molar refractivity (Wildman–Crippen MR) is 99.0 cm³/mol.